The number of aromatic nitrogens is 2. The Balaban J connectivity index is 1.46. The summed E-state index contributed by atoms with van der Waals surface area (Å²) in [4.78, 5) is 37.5. The number of nitro groups is 1. The summed E-state index contributed by atoms with van der Waals surface area (Å²) in [5.74, 6) is -0.321. The minimum Gasteiger partial charge on any atom is -0.338 e. The lowest BCUT2D eigenvalue weighted by Gasteiger charge is -2.17. The van der Waals surface area contributed by atoms with Crippen LogP contribution in [0.2, 0.25) is 0 Å². The number of hydrogen-bond acceptors (Lipinski definition) is 5. The molecule has 0 spiro atoms. The van der Waals surface area contributed by atoms with E-state index in [-0.39, 0.29) is 23.9 Å². The molecule has 0 aliphatic carbocycles. The molecule has 1 aliphatic heterocycles. The fourth-order valence-corrected chi connectivity index (χ4v) is 3.74. The summed E-state index contributed by atoms with van der Waals surface area (Å²) < 4.78 is 1.53. The number of nitrogens with one attached hydrogen (secondary N) is 1. The maximum atomic E-state index is 12.9. The van der Waals surface area contributed by atoms with Crippen LogP contribution in [0, 0.1) is 29.9 Å². The van der Waals surface area contributed by atoms with E-state index in [1.807, 2.05) is 31.2 Å². The maximum Gasteiger partial charge on any atom is 0.269 e. The van der Waals surface area contributed by atoms with Crippen molar-refractivity contribution in [2.45, 2.75) is 26.8 Å². The molecule has 3 aromatic rings. The van der Waals surface area contributed by atoms with Gasteiger partial charge >= 0.3 is 0 Å². The zero-order chi connectivity index (χ0) is 22.8. The minimum absolute atomic E-state index is 0.0265. The van der Waals surface area contributed by atoms with Crippen molar-refractivity contribution >= 4 is 23.3 Å². The largest absolute Gasteiger partial charge is 0.338 e. The molecule has 0 bridgehead atoms. The number of rotatable bonds is 6. The van der Waals surface area contributed by atoms with Crippen molar-refractivity contribution in [3.05, 3.63) is 81.5 Å². The van der Waals surface area contributed by atoms with Gasteiger partial charge in [-0.3, -0.25) is 19.7 Å². The topological polar surface area (TPSA) is 110 Å². The van der Waals surface area contributed by atoms with Crippen molar-refractivity contribution in [3.8, 4) is 5.69 Å². The molecule has 1 aliphatic rings. The highest BCUT2D eigenvalue weighted by Crippen LogP contribution is 2.24. The van der Waals surface area contributed by atoms with Crippen molar-refractivity contribution in [2.75, 3.05) is 11.9 Å². The van der Waals surface area contributed by atoms with E-state index in [0.717, 1.165) is 11.1 Å². The van der Waals surface area contributed by atoms with Crippen LogP contribution in [0.25, 0.3) is 5.69 Å². The van der Waals surface area contributed by atoms with Crippen LogP contribution in [0.1, 0.15) is 23.2 Å². The standard InChI is InChI=1S/C23H23N5O4/c1-15-3-5-17(6-4-15)13-26-14-18(12-22(26)29)23(30)24-21-11-16(2)25-27(21)19-7-9-20(10-8-19)28(31)32/h3-11,18H,12-14H2,1-2H3,(H,24,30). The van der Waals surface area contributed by atoms with E-state index in [4.69, 9.17) is 0 Å². The summed E-state index contributed by atoms with van der Waals surface area (Å²) in [6.45, 7) is 4.63. The quantitative estimate of drug-likeness (QED) is 0.473. The first-order chi connectivity index (χ1) is 15.3. The summed E-state index contributed by atoms with van der Waals surface area (Å²) in [6, 6.07) is 15.6. The van der Waals surface area contributed by atoms with Crippen LogP contribution in [-0.2, 0) is 16.1 Å². The highest BCUT2D eigenvalue weighted by atomic mass is 16.6. The number of aryl methyl sites for hydroxylation is 2. The molecule has 1 atom stereocenters. The van der Waals surface area contributed by atoms with Crippen molar-refractivity contribution in [3.63, 3.8) is 0 Å². The number of nitrogens with zero attached hydrogens (tertiary/aromatic N) is 4. The Morgan fingerprint density at radius 1 is 1.16 bits per heavy atom. The second kappa shape index (κ2) is 8.62. The van der Waals surface area contributed by atoms with Gasteiger partial charge in [0.05, 0.1) is 22.2 Å². The van der Waals surface area contributed by atoms with Gasteiger partial charge < -0.3 is 10.2 Å². The predicted octanol–water partition coefficient (Wildman–Crippen LogP) is 3.38. The van der Waals surface area contributed by atoms with E-state index in [9.17, 15) is 19.7 Å². The Hall–Kier alpha value is -4.01. The number of nitro benzene ring substituents is 1. The molecule has 2 amide bonds. The van der Waals surface area contributed by atoms with Gasteiger partial charge in [0.2, 0.25) is 11.8 Å². The van der Waals surface area contributed by atoms with Gasteiger partial charge in [-0.05, 0) is 31.5 Å². The molecule has 1 fully saturated rings. The predicted molar refractivity (Wildman–Crippen MR) is 118 cm³/mol. The molecule has 1 aromatic heterocycles. The van der Waals surface area contributed by atoms with E-state index < -0.39 is 10.8 Å². The normalized spacial score (nSPS) is 15.8. The average Bonchev–Trinajstić information content (AvgIpc) is 3.32. The number of amides is 2. The highest BCUT2D eigenvalue weighted by Gasteiger charge is 2.34. The fourth-order valence-electron chi connectivity index (χ4n) is 3.74. The van der Waals surface area contributed by atoms with Gasteiger partial charge in [-0.25, -0.2) is 4.68 Å². The van der Waals surface area contributed by atoms with Gasteiger partial charge in [-0.1, -0.05) is 29.8 Å². The first-order valence-corrected chi connectivity index (χ1v) is 10.3. The van der Waals surface area contributed by atoms with E-state index in [2.05, 4.69) is 10.4 Å². The molecule has 1 N–H and O–H groups in total. The zero-order valence-electron chi connectivity index (χ0n) is 17.8. The molecule has 0 radical (unpaired) electrons. The number of hydrogen-bond donors (Lipinski definition) is 1. The first-order valence-electron chi connectivity index (χ1n) is 10.3. The molecule has 1 saturated heterocycles. The second-order valence-corrected chi connectivity index (χ2v) is 8.01. The Bertz CT molecular complexity index is 1170. The van der Waals surface area contributed by atoms with Gasteiger partial charge in [0.1, 0.15) is 5.82 Å². The van der Waals surface area contributed by atoms with Crippen LogP contribution in [0.5, 0.6) is 0 Å². The number of carbonyl (C=O) groups excluding carboxylic acids is 2. The molecule has 32 heavy (non-hydrogen) atoms. The molecule has 4 rings (SSSR count). The van der Waals surface area contributed by atoms with Crippen molar-refractivity contribution in [1.29, 1.82) is 0 Å². The Morgan fingerprint density at radius 3 is 2.50 bits per heavy atom. The lowest BCUT2D eigenvalue weighted by molar-refractivity contribution is -0.384. The third-order valence-electron chi connectivity index (χ3n) is 5.47. The summed E-state index contributed by atoms with van der Waals surface area (Å²) in [7, 11) is 0. The molecule has 9 heteroatoms. The molecule has 2 aromatic carbocycles. The number of likely N-dealkylation sites (tertiary alicyclic amines) is 1. The van der Waals surface area contributed by atoms with E-state index >= 15 is 0 Å². The van der Waals surface area contributed by atoms with Gasteiger partial charge in [0, 0.05) is 37.7 Å². The molecule has 164 valence electrons. The zero-order valence-corrected chi connectivity index (χ0v) is 17.8. The number of carbonyl (C=O) groups is 2. The molecule has 1 unspecified atom stereocenters. The number of anilines is 1. The Kier molecular flexibility index (Phi) is 5.72. The van der Waals surface area contributed by atoms with Crippen LogP contribution >= 0.6 is 0 Å². The SMILES string of the molecule is Cc1ccc(CN2CC(C(=O)Nc3cc(C)nn3-c3ccc([N+](=O)[O-])cc3)CC2=O)cc1. The molecule has 0 saturated carbocycles. The first kappa shape index (κ1) is 21.2. The van der Waals surface area contributed by atoms with Crippen LogP contribution < -0.4 is 5.32 Å². The van der Waals surface area contributed by atoms with Crippen molar-refractivity contribution in [2.24, 2.45) is 5.92 Å². The van der Waals surface area contributed by atoms with Gasteiger partial charge in [-0.15, -0.1) is 0 Å². The van der Waals surface area contributed by atoms with Crippen molar-refractivity contribution in [1.82, 2.24) is 14.7 Å². The molecular weight excluding hydrogens is 410 g/mol. The van der Waals surface area contributed by atoms with E-state index in [0.29, 0.717) is 30.3 Å². The number of benzene rings is 2. The molecular formula is C23H23N5O4. The smallest absolute Gasteiger partial charge is 0.269 e. The lowest BCUT2D eigenvalue weighted by Crippen LogP contribution is -2.28. The summed E-state index contributed by atoms with van der Waals surface area (Å²) in [5, 5.41) is 18.1. The fraction of sp³-hybridized carbons (Fsp3) is 0.261. The molecule has 9 nitrogen and oxygen atoms in total. The minimum atomic E-state index is -0.472. The summed E-state index contributed by atoms with van der Waals surface area (Å²) in [6.07, 6.45) is 0.155. The molecule has 2 heterocycles. The summed E-state index contributed by atoms with van der Waals surface area (Å²) >= 11 is 0. The maximum absolute atomic E-state index is 12.9. The number of non-ortho nitro benzene ring substituents is 1. The van der Waals surface area contributed by atoms with Gasteiger partial charge in [-0.2, -0.15) is 5.10 Å². The highest BCUT2D eigenvalue weighted by molar-refractivity contribution is 5.96. The third kappa shape index (κ3) is 4.51. The third-order valence-corrected chi connectivity index (χ3v) is 5.47. The van der Waals surface area contributed by atoms with Gasteiger partial charge in [0.25, 0.3) is 5.69 Å². The van der Waals surface area contributed by atoms with Crippen LogP contribution in [0.15, 0.2) is 54.6 Å². The summed E-state index contributed by atoms with van der Waals surface area (Å²) in [5.41, 5.74) is 3.42. The van der Waals surface area contributed by atoms with Crippen LogP contribution in [0.3, 0.4) is 0 Å². The monoisotopic (exact) mass is 433 g/mol. The Morgan fingerprint density at radius 2 is 1.84 bits per heavy atom. The van der Waals surface area contributed by atoms with E-state index in [1.165, 1.54) is 16.8 Å². The van der Waals surface area contributed by atoms with Crippen LogP contribution in [-0.4, -0.2) is 38.0 Å². The van der Waals surface area contributed by atoms with Crippen molar-refractivity contribution < 1.29 is 14.5 Å². The second-order valence-electron chi connectivity index (χ2n) is 8.01. The van der Waals surface area contributed by atoms with Crippen LogP contribution in [0.4, 0.5) is 11.5 Å². The van der Waals surface area contributed by atoms with E-state index in [1.54, 1.807) is 30.0 Å². The Labute approximate surface area is 184 Å². The lowest BCUT2D eigenvalue weighted by atomic mass is 10.1. The average molecular weight is 433 g/mol. The van der Waals surface area contributed by atoms with Gasteiger partial charge in [0.15, 0.2) is 0 Å².